The highest BCUT2D eigenvalue weighted by Crippen LogP contribution is 2.37. The van der Waals surface area contributed by atoms with Gasteiger partial charge in [0, 0.05) is 10.8 Å². The molecule has 0 saturated heterocycles. The Morgan fingerprint density at radius 1 is 1.11 bits per heavy atom. The molecule has 3 aromatic rings. The molecule has 0 fully saturated rings. The van der Waals surface area contributed by atoms with Crippen molar-refractivity contribution in [1.82, 2.24) is 4.98 Å². The number of oxazole rings is 1. The van der Waals surface area contributed by atoms with Crippen molar-refractivity contribution >= 4 is 21.6 Å². The monoisotopic (exact) mass is 405 g/mol. The van der Waals surface area contributed by atoms with Gasteiger partial charge in [-0.3, -0.25) is 0 Å². The fourth-order valence-electron chi connectivity index (χ4n) is 2.35. The molecule has 27 heavy (non-hydrogen) atoms. The number of thioether (sulfide) groups is 1. The van der Waals surface area contributed by atoms with E-state index in [1.807, 2.05) is 20.8 Å². The lowest BCUT2D eigenvalue weighted by molar-refractivity contribution is 0.469. The zero-order valence-electron chi connectivity index (χ0n) is 15.3. The van der Waals surface area contributed by atoms with E-state index in [1.54, 1.807) is 24.3 Å². The number of nitrogens with zero attached hydrogens (tertiary/aromatic N) is 1. The van der Waals surface area contributed by atoms with Gasteiger partial charge in [0.1, 0.15) is 5.82 Å². The van der Waals surface area contributed by atoms with Gasteiger partial charge in [-0.05, 0) is 49.7 Å². The van der Waals surface area contributed by atoms with Crippen molar-refractivity contribution in [3.8, 4) is 11.5 Å². The molecule has 0 aliphatic carbocycles. The molecule has 0 spiro atoms. The van der Waals surface area contributed by atoms with E-state index in [2.05, 4.69) is 4.98 Å². The van der Waals surface area contributed by atoms with Crippen molar-refractivity contribution in [2.75, 3.05) is 0 Å². The lowest BCUT2D eigenvalue weighted by Gasteiger charge is -2.07. The molecule has 3 rings (SSSR count). The average molecular weight is 406 g/mol. The van der Waals surface area contributed by atoms with Crippen molar-refractivity contribution in [2.24, 2.45) is 0 Å². The van der Waals surface area contributed by atoms with Crippen LogP contribution in [0.2, 0.25) is 0 Å². The molecule has 0 N–H and O–H groups in total. The SMILES string of the molecule is CC[C@H](C)Sc1oc(-c2ccc(F)cc2)nc1S(=O)(=O)c1ccc(C)cc1. The quantitative estimate of drug-likeness (QED) is 0.506. The number of aryl methyl sites for hydroxylation is 1. The van der Waals surface area contributed by atoms with Gasteiger partial charge in [0.05, 0.1) is 4.90 Å². The second kappa shape index (κ2) is 7.86. The van der Waals surface area contributed by atoms with Gasteiger partial charge < -0.3 is 4.42 Å². The second-order valence-electron chi connectivity index (χ2n) is 6.27. The first-order valence-electron chi connectivity index (χ1n) is 8.56. The van der Waals surface area contributed by atoms with Crippen LogP contribution in [0.25, 0.3) is 11.5 Å². The lowest BCUT2D eigenvalue weighted by Crippen LogP contribution is -2.05. The van der Waals surface area contributed by atoms with Crippen molar-refractivity contribution in [3.63, 3.8) is 0 Å². The molecule has 1 heterocycles. The van der Waals surface area contributed by atoms with E-state index in [0.29, 0.717) is 5.56 Å². The number of benzene rings is 2. The van der Waals surface area contributed by atoms with E-state index in [9.17, 15) is 12.8 Å². The van der Waals surface area contributed by atoms with Crippen LogP contribution in [0, 0.1) is 12.7 Å². The summed E-state index contributed by atoms with van der Waals surface area (Å²) in [5.41, 5.74) is 1.49. The summed E-state index contributed by atoms with van der Waals surface area (Å²) in [6, 6.07) is 12.2. The maximum absolute atomic E-state index is 13.2. The Morgan fingerprint density at radius 2 is 1.74 bits per heavy atom. The summed E-state index contributed by atoms with van der Waals surface area (Å²) in [4.78, 5) is 4.43. The highest BCUT2D eigenvalue weighted by atomic mass is 32.2. The summed E-state index contributed by atoms with van der Waals surface area (Å²) in [7, 11) is -3.84. The van der Waals surface area contributed by atoms with Crippen LogP contribution in [0.3, 0.4) is 0 Å². The maximum Gasteiger partial charge on any atom is 0.228 e. The third kappa shape index (κ3) is 4.25. The first-order valence-corrected chi connectivity index (χ1v) is 10.9. The Hall–Kier alpha value is -2.12. The molecule has 0 aliphatic heterocycles. The van der Waals surface area contributed by atoms with E-state index < -0.39 is 9.84 Å². The normalized spacial score (nSPS) is 12.9. The smallest absolute Gasteiger partial charge is 0.228 e. The average Bonchev–Trinajstić information content (AvgIpc) is 3.07. The summed E-state index contributed by atoms with van der Waals surface area (Å²) in [6.45, 7) is 5.90. The molecule has 0 saturated carbocycles. The van der Waals surface area contributed by atoms with Crippen LogP contribution in [0.1, 0.15) is 25.8 Å². The summed E-state index contributed by atoms with van der Waals surface area (Å²) >= 11 is 1.33. The van der Waals surface area contributed by atoms with Crippen LogP contribution in [0.15, 0.2) is 68.0 Å². The summed E-state index contributed by atoms with van der Waals surface area (Å²) in [5.74, 6) is -0.224. The Bertz CT molecular complexity index is 1030. The summed E-state index contributed by atoms with van der Waals surface area (Å²) in [5, 5.41) is 0.311. The van der Waals surface area contributed by atoms with E-state index in [-0.39, 0.29) is 32.0 Å². The van der Waals surface area contributed by atoms with Crippen LogP contribution in [0.5, 0.6) is 0 Å². The number of halogens is 1. The molecule has 0 unspecified atom stereocenters. The number of hydrogen-bond acceptors (Lipinski definition) is 5. The molecule has 142 valence electrons. The zero-order valence-corrected chi connectivity index (χ0v) is 16.9. The molecule has 0 amide bonds. The Labute approximate surface area is 162 Å². The molecule has 1 aromatic heterocycles. The highest BCUT2D eigenvalue weighted by Gasteiger charge is 2.29. The third-order valence-corrected chi connectivity index (χ3v) is 7.16. The van der Waals surface area contributed by atoms with Gasteiger partial charge in [0.25, 0.3) is 0 Å². The van der Waals surface area contributed by atoms with Gasteiger partial charge in [0.15, 0.2) is 0 Å². The maximum atomic E-state index is 13.2. The van der Waals surface area contributed by atoms with E-state index in [0.717, 1.165) is 12.0 Å². The molecular weight excluding hydrogens is 385 g/mol. The fourth-order valence-corrected chi connectivity index (χ4v) is 4.81. The molecule has 1 atom stereocenters. The molecular formula is C20H20FNO3S2. The third-order valence-electron chi connectivity index (χ3n) is 4.13. The molecule has 4 nitrogen and oxygen atoms in total. The molecule has 7 heteroatoms. The molecule has 2 aromatic carbocycles. The predicted octanol–water partition coefficient (Wildman–Crippen LogP) is 5.51. The van der Waals surface area contributed by atoms with Gasteiger partial charge in [-0.15, -0.1) is 0 Å². The first-order chi connectivity index (χ1) is 12.8. The summed E-state index contributed by atoms with van der Waals surface area (Å²) < 4.78 is 45.3. The van der Waals surface area contributed by atoms with Crippen molar-refractivity contribution in [1.29, 1.82) is 0 Å². The van der Waals surface area contributed by atoms with Crippen LogP contribution in [-0.2, 0) is 9.84 Å². The van der Waals surface area contributed by atoms with Gasteiger partial charge in [-0.25, -0.2) is 12.8 Å². The topological polar surface area (TPSA) is 60.2 Å². The first kappa shape index (κ1) is 19.6. The zero-order chi connectivity index (χ0) is 19.6. The van der Waals surface area contributed by atoms with E-state index in [1.165, 1.54) is 36.0 Å². The van der Waals surface area contributed by atoms with Gasteiger partial charge >= 0.3 is 0 Å². The Morgan fingerprint density at radius 3 is 2.33 bits per heavy atom. The summed E-state index contributed by atoms with van der Waals surface area (Å²) in [6.07, 6.45) is 0.848. The van der Waals surface area contributed by atoms with Gasteiger partial charge in [0.2, 0.25) is 25.8 Å². The Balaban J connectivity index is 2.11. The minimum Gasteiger partial charge on any atom is -0.428 e. The largest absolute Gasteiger partial charge is 0.428 e. The van der Waals surface area contributed by atoms with E-state index in [4.69, 9.17) is 4.42 Å². The minimum atomic E-state index is -3.84. The van der Waals surface area contributed by atoms with Crippen molar-refractivity contribution in [2.45, 2.75) is 47.5 Å². The number of rotatable bonds is 6. The number of aromatic nitrogens is 1. The van der Waals surface area contributed by atoms with Crippen LogP contribution in [-0.4, -0.2) is 18.7 Å². The van der Waals surface area contributed by atoms with Crippen LogP contribution in [0.4, 0.5) is 4.39 Å². The van der Waals surface area contributed by atoms with Crippen molar-refractivity contribution in [3.05, 3.63) is 59.9 Å². The van der Waals surface area contributed by atoms with Crippen molar-refractivity contribution < 1.29 is 17.2 Å². The standard InChI is InChI=1S/C20H20FNO3S2/c1-4-14(3)26-20-19(27(23,24)17-11-5-13(2)6-12-17)22-18(25-20)15-7-9-16(21)10-8-15/h5-12,14H,4H2,1-3H3/t14-/m0/s1. The minimum absolute atomic E-state index is 0.101. The number of hydrogen-bond donors (Lipinski definition) is 0. The Kier molecular flexibility index (Phi) is 5.72. The highest BCUT2D eigenvalue weighted by molar-refractivity contribution is 8.00. The molecule has 0 bridgehead atoms. The predicted molar refractivity (Wildman–Crippen MR) is 104 cm³/mol. The lowest BCUT2D eigenvalue weighted by atomic mass is 10.2. The van der Waals surface area contributed by atoms with Crippen LogP contribution >= 0.6 is 11.8 Å². The molecule has 0 radical (unpaired) electrons. The fraction of sp³-hybridized carbons (Fsp3) is 0.250. The van der Waals surface area contributed by atoms with Crippen LogP contribution < -0.4 is 0 Å². The molecule has 0 aliphatic rings. The van der Waals surface area contributed by atoms with Gasteiger partial charge in [-0.2, -0.15) is 4.98 Å². The second-order valence-corrected chi connectivity index (χ2v) is 9.55. The van der Waals surface area contributed by atoms with E-state index >= 15 is 0 Å². The number of sulfone groups is 1. The van der Waals surface area contributed by atoms with Gasteiger partial charge in [-0.1, -0.05) is 43.3 Å².